The first-order valence-corrected chi connectivity index (χ1v) is 7.56. The Bertz CT molecular complexity index is 466. The zero-order chi connectivity index (χ0) is 15.2. The van der Waals surface area contributed by atoms with Gasteiger partial charge < -0.3 is 20.9 Å². The topological polar surface area (TPSA) is 84.6 Å². The Kier molecular flexibility index (Phi) is 5.85. The number of carbonyl (C=O) groups is 1. The number of carbonyl (C=O) groups excluding carboxylic acids is 1. The first-order chi connectivity index (χ1) is 10.1. The fourth-order valence-electron chi connectivity index (χ4n) is 2.56. The number of benzene rings is 1. The van der Waals surface area contributed by atoms with Crippen LogP contribution < -0.4 is 15.8 Å². The molecule has 3 atom stereocenters. The molecule has 0 unspecified atom stereocenters. The molecule has 1 aliphatic carbocycles. The van der Waals surface area contributed by atoms with Crippen LogP contribution in [0.25, 0.3) is 0 Å². The lowest BCUT2D eigenvalue weighted by atomic mass is 9.89. The first-order valence-electron chi connectivity index (χ1n) is 7.18. The molecule has 0 heterocycles. The minimum Gasteiger partial charge on any atom is -0.488 e. The summed E-state index contributed by atoms with van der Waals surface area (Å²) in [7, 11) is 0. The summed E-state index contributed by atoms with van der Waals surface area (Å²) >= 11 is 5.84. The Morgan fingerprint density at radius 1 is 1.38 bits per heavy atom. The van der Waals surface area contributed by atoms with Gasteiger partial charge in [-0.25, -0.2) is 0 Å². The summed E-state index contributed by atoms with van der Waals surface area (Å²) in [5, 5.41) is 14.2. The van der Waals surface area contributed by atoms with Gasteiger partial charge in [-0.2, -0.15) is 0 Å². The minimum atomic E-state index is -0.609. The Morgan fingerprint density at radius 2 is 2.10 bits per heavy atom. The maximum absolute atomic E-state index is 10.7. The lowest BCUT2D eigenvalue weighted by Crippen LogP contribution is -2.51. The minimum absolute atomic E-state index is 0.0737. The van der Waals surface area contributed by atoms with Crippen LogP contribution in [0.5, 0.6) is 5.75 Å². The number of aliphatic hydroxyl groups is 1. The molecule has 1 amide bonds. The molecule has 0 aromatic heterocycles. The molecular weight excluding hydrogens is 292 g/mol. The molecule has 0 aliphatic heterocycles. The van der Waals surface area contributed by atoms with E-state index < -0.39 is 6.10 Å². The van der Waals surface area contributed by atoms with Crippen LogP contribution in [0.4, 0.5) is 0 Å². The fraction of sp³-hybridized carbons (Fsp3) is 0.533. The summed E-state index contributed by atoms with van der Waals surface area (Å²) in [4.78, 5) is 10.7. The third-order valence-corrected chi connectivity index (χ3v) is 3.93. The summed E-state index contributed by atoms with van der Waals surface area (Å²) in [5.74, 6) is 0.350. The molecule has 1 saturated carbocycles. The van der Waals surface area contributed by atoms with Gasteiger partial charge in [0.05, 0.1) is 0 Å². The highest BCUT2D eigenvalue weighted by atomic mass is 35.5. The normalized spacial score (nSPS) is 25.5. The molecule has 5 nitrogen and oxygen atoms in total. The van der Waals surface area contributed by atoms with E-state index in [0.717, 1.165) is 19.3 Å². The average molecular weight is 313 g/mol. The first kappa shape index (κ1) is 16.1. The molecule has 0 saturated heterocycles. The largest absolute Gasteiger partial charge is 0.488 e. The van der Waals surface area contributed by atoms with Gasteiger partial charge in [-0.05, 0) is 43.5 Å². The zero-order valence-corrected chi connectivity index (χ0v) is 12.6. The van der Waals surface area contributed by atoms with Gasteiger partial charge in [0.1, 0.15) is 18.0 Å². The summed E-state index contributed by atoms with van der Waals surface area (Å²) in [6.07, 6.45) is 2.03. The van der Waals surface area contributed by atoms with Crippen molar-refractivity contribution in [3.05, 3.63) is 29.3 Å². The van der Waals surface area contributed by atoms with Crippen molar-refractivity contribution in [2.75, 3.05) is 6.54 Å². The summed E-state index contributed by atoms with van der Waals surface area (Å²) < 4.78 is 5.84. The predicted molar refractivity (Wildman–Crippen MR) is 81.3 cm³/mol. The summed E-state index contributed by atoms with van der Waals surface area (Å²) in [6, 6.07) is 7.03. The van der Waals surface area contributed by atoms with Crippen molar-refractivity contribution in [1.29, 1.82) is 0 Å². The second-order valence-electron chi connectivity index (χ2n) is 5.31. The van der Waals surface area contributed by atoms with Gasteiger partial charge in [-0.3, -0.25) is 4.79 Å². The molecule has 1 aromatic rings. The molecule has 0 bridgehead atoms. The van der Waals surface area contributed by atoms with Crippen LogP contribution >= 0.6 is 11.6 Å². The second kappa shape index (κ2) is 7.64. The monoisotopic (exact) mass is 312 g/mol. The summed E-state index contributed by atoms with van der Waals surface area (Å²) in [6.45, 7) is 0.477. The molecule has 2 rings (SSSR count). The van der Waals surface area contributed by atoms with Gasteiger partial charge in [0.25, 0.3) is 0 Å². The molecule has 6 heteroatoms. The molecule has 0 spiro atoms. The van der Waals surface area contributed by atoms with Crippen molar-refractivity contribution in [3.8, 4) is 5.75 Å². The standard InChI is InChI=1S/C15H21ClN2O3/c16-10-4-6-11(7-5-10)21-13-3-1-2-12(15(13)20)18-9-8-14(17)19/h4-7,12-13,15,18,20H,1-3,8-9H2,(H2,17,19)/t12-,13+,15+/m0/s1. The van der Waals surface area contributed by atoms with Gasteiger partial charge in [0.2, 0.25) is 5.91 Å². The van der Waals surface area contributed by atoms with Crippen molar-refractivity contribution in [1.82, 2.24) is 5.32 Å². The van der Waals surface area contributed by atoms with Crippen molar-refractivity contribution in [2.45, 2.75) is 43.9 Å². The third-order valence-electron chi connectivity index (χ3n) is 3.68. The molecule has 1 fully saturated rings. The Balaban J connectivity index is 1.88. The van der Waals surface area contributed by atoms with Crippen LogP contribution in [-0.2, 0) is 4.79 Å². The van der Waals surface area contributed by atoms with Crippen molar-refractivity contribution in [3.63, 3.8) is 0 Å². The molecule has 4 N–H and O–H groups in total. The van der Waals surface area contributed by atoms with E-state index in [-0.39, 0.29) is 24.5 Å². The lowest BCUT2D eigenvalue weighted by Gasteiger charge is -2.35. The molecule has 116 valence electrons. The highest BCUT2D eigenvalue weighted by Crippen LogP contribution is 2.25. The number of nitrogens with one attached hydrogen (secondary N) is 1. The van der Waals surface area contributed by atoms with Crippen molar-refractivity contribution >= 4 is 17.5 Å². The molecule has 1 aromatic carbocycles. The van der Waals surface area contributed by atoms with E-state index in [4.69, 9.17) is 22.1 Å². The van der Waals surface area contributed by atoms with Crippen molar-refractivity contribution < 1.29 is 14.6 Å². The second-order valence-corrected chi connectivity index (χ2v) is 5.75. The van der Waals surface area contributed by atoms with Crippen LogP contribution in [0, 0.1) is 0 Å². The lowest BCUT2D eigenvalue weighted by molar-refractivity contribution is -0.118. The van der Waals surface area contributed by atoms with Crippen molar-refractivity contribution in [2.24, 2.45) is 5.73 Å². The number of rotatable bonds is 6. The average Bonchev–Trinajstić information content (AvgIpc) is 2.45. The van der Waals surface area contributed by atoms with Crippen LogP contribution in [0.3, 0.4) is 0 Å². The van der Waals surface area contributed by atoms with E-state index in [9.17, 15) is 9.90 Å². The van der Waals surface area contributed by atoms with Crippen LogP contribution in [-0.4, -0.2) is 35.8 Å². The predicted octanol–water partition coefficient (Wildman–Crippen LogP) is 1.47. The van der Waals surface area contributed by atoms with Gasteiger partial charge >= 0.3 is 0 Å². The number of hydrogen-bond acceptors (Lipinski definition) is 4. The number of halogens is 1. The van der Waals surface area contributed by atoms with Gasteiger partial charge in [-0.15, -0.1) is 0 Å². The van der Waals surface area contributed by atoms with Crippen LogP contribution in [0.2, 0.25) is 5.02 Å². The number of aliphatic hydroxyl groups excluding tert-OH is 1. The molecule has 21 heavy (non-hydrogen) atoms. The Hall–Kier alpha value is -1.30. The van der Waals surface area contributed by atoms with E-state index in [1.807, 2.05) is 0 Å². The number of amides is 1. The van der Waals surface area contributed by atoms with Gasteiger partial charge in [-0.1, -0.05) is 11.6 Å². The number of nitrogens with two attached hydrogens (primary N) is 1. The number of hydrogen-bond donors (Lipinski definition) is 3. The van der Waals surface area contributed by atoms with E-state index in [2.05, 4.69) is 5.32 Å². The number of primary amides is 1. The number of ether oxygens (including phenoxy) is 1. The van der Waals surface area contributed by atoms with Crippen LogP contribution in [0.15, 0.2) is 24.3 Å². The van der Waals surface area contributed by atoms with Gasteiger partial charge in [0, 0.05) is 24.0 Å². The Labute approximate surface area is 129 Å². The fourth-order valence-corrected chi connectivity index (χ4v) is 2.69. The van der Waals surface area contributed by atoms with E-state index in [0.29, 0.717) is 17.3 Å². The molecule has 1 aliphatic rings. The quantitative estimate of drug-likeness (QED) is 0.742. The Morgan fingerprint density at radius 3 is 2.76 bits per heavy atom. The SMILES string of the molecule is NC(=O)CCN[C@H]1CCC[C@@H](Oc2ccc(Cl)cc2)[C@@H]1O. The molecular formula is C15H21ClN2O3. The van der Waals surface area contributed by atoms with E-state index in [1.165, 1.54) is 0 Å². The smallest absolute Gasteiger partial charge is 0.218 e. The zero-order valence-electron chi connectivity index (χ0n) is 11.8. The highest BCUT2D eigenvalue weighted by molar-refractivity contribution is 6.30. The summed E-state index contributed by atoms with van der Waals surface area (Å²) in [5.41, 5.74) is 5.11. The highest BCUT2D eigenvalue weighted by Gasteiger charge is 2.32. The maximum atomic E-state index is 10.7. The van der Waals surface area contributed by atoms with Gasteiger partial charge in [0.15, 0.2) is 0 Å². The van der Waals surface area contributed by atoms with E-state index >= 15 is 0 Å². The van der Waals surface area contributed by atoms with E-state index in [1.54, 1.807) is 24.3 Å². The maximum Gasteiger partial charge on any atom is 0.218 e. The van der Waals surface area contributed by atoms with Crippen LogP contribution in [0.1, 0.15) is 25.7 Å². The third kappa shape index (κ3) is 4.88. The molecule has 0 radical (unpaired) electrons.